The molecule has 1 N–H and O–H groups in total. The van der Waals surface area contributed by atoms with Gasteiger partial charge in [0.2, 0.25) is 0 Å². The van der Waals surface area contributed by atoms with E-state index in [0.717, 1.165) is 18.9 Å². The molecule has 5 rings (SSSR count). The van der Waals surface area contributed by atoms with Gasteiger partial charge in [0.25, 0.3) is 0 Å². The van der Waals surface area contributed by atoms with Crippen LogP contribution in [0.1, 0.15) is 41.2 Å². The van der Waals surface area contributed by atoms with Crippen molar-refractivity contribution in [1.29, 1.82) is 0 Å². The van der Waals surface area contributed by atoms with Gasteiger partial charge in [-0.1, -0.05) is 35.9 Å². The Balaban J connectivity index is 1.71. The van der Waals surface area contributed by atoms with E-state index < -0.39 is 11.7 Å². The number of halogens is 4. The smallest absolute Gasteiger partial charge is 0.307 e. The van der Waals surface area contributed by atoms with E-state index in [9.17, 15) is 13.2 Å². The maximum absolute atomic E-state index is 14.0. The van der Waals surface area contributed by atoms with Crippen molar-refractivity contribution in [3.8, 4) is 5.69 Å². The maximum Gasteiger partial charge on any atom is 0.418 e. The van der Waals surface area contributed by atoms with Gasteiger partial charge in [-0.3, -0.25) is 9.56 Å². The van der Waals surface area contributed by atoms with Crippen LogP contribution in [0.4, 0.5) is 13.2 Å². The van der Waals surface area contributed by atoms with Crippen LogP contribution in [0, 0.1) is 0 Å². The fourth-order valence-electron chi connectivity index (χ4n) is 3.65. The highest BCUT2D eigenvalue weighted by Crippen LogP contribution is 2.38. The van der Waals surface area contributed by atoms with E-state index >= 15 is 0 Å². The third kappa shape index (κ3) is 3.50. The van der Waals surface area contributed by atoms with Crippen molar-refractivity contribution < 1.29 is 13.2 Å². The SMILES string of the molecule is FC(F)(F)c1cccc2c1-n1c(nnc1CNC1CC1)CN=C2c1ccc(Cl)cc1. The Morgan fingerprint density at radius 3 is 2.53 bits per heavy atom. The van der Waals surface area contributed by atoms with Crippen LogP contribution < -0.4 is 5.32 Å². The van der Waals surface area contributed by atoms with Crippen molar-refractivity contribution in [1.82, 2.24) is 20.1 Å². The van der Waals surface area contributed by atoms with Gasteiger partial charge in [-0.2, -0.15) is 13.2 Å². The minimum Gasteiger partial charge on any atom is -0.307 e. The van der Waals surface area contributed by atoms with Crippen molar-refractivity contribution in [3.05, 3.63) is 75.8 Å². The Bertz CT molecular complexity index is 1130. The summed E-state index contributed by atoms with van der Waals surface area (Å²) in [7, 11) is 0. The lowest BCUT2D eigenvalue weighted by Gasteiger charge is -2.19. The number of benzene rings is 2. The van der Waals surface area contributed by atoms with Gasteiger partial charge in [0.15, 0.2) is 11.6 Å². The zero-order chi connectivity index (χ0) is 20.9. The lowest BCUT2D eigenvalue weighted by molar-refractivity contribution is -0.137. The van der Waals surface area contributed by atoms with Crippen LogP contribution in [0.3, 0.4) is 0 Å². The molecule has 3 aromatic rings. The van der Waals surface area contributed by atoms with Gasteiger partial charge >= 0.3 is 6.18 Å². The van der Waals surface area contributed by atoms with Gasteiger partial charge in [-0.25, -0.2) is 0 Å². The van der Waals surface area contributed by atoms with Crippen molar-refractivity contribution >= 4 is 17.3 Å². The fraction of sp³-hybridized carbons (Fsp3) is 0.286. The molecule has 1 aromatic heterocycles. The summed E-state index contributed by atoms with van der Waals surface area (Å²) in [5.41, 5.74) is 0.829. The molecule has 0 amide bonds. The summed E-state index contributed by atoms with van der Waals surface area (Å²) in [6.45, 7) is 0.472. The largest absolute Gasteiger partial charge is 0.418 e. The zero-order valence-electron chi connectivity index (χ0n) is 15.7. The second-order valence-electron chi connectivity index (χ2n) is 7.39. The fourth-order valence-corrected chi connectivity index (χ4v) is 3.77. The molecule has 1 aliphatic carbocycles. The molecule has 2 aliphatic rings. The second-order valence-corrected chi connectivity index (χ2v) is 7.83. The molecule has 154 valence electrons. The number of nitrogens with zero attached hydrogens (tertiary/aromatic N) is 4. The van der Waals surface area contributed by atoms with Gasteiger partial charge in [-0.05, 0) is 31.0 Å². The highest BCUT2D eigenvalue weighted by molar-refractivity contribution is 6.30. The van der Waals surface area contributed by atoms with E-state index in [-0.39, 0.29) is 12.2 Å². The third-order valence-corrected chi connectivity index (χ3v) is 5.49. The van der Waals surface area contributed by atoms with Crippen molar-refractivity contribution in [3.63, 3.8) is 0 Å². The van der Waals surface area contributed by atoms with E-state index in [1.54, 1.807) is 30.3 Å². The normalized spacial score (nSPS) is 15.9. The van der Waals surface area contributed by atoms with Crippen LogP contribution in [-0.2, 0) is 19.3 Å². The average molecular weight is 432 g/mol. The monoisotopic (exact) mass is 431 g/mol. The molecule has 0 saturated heterocycles. The highest BCUT2D eigenvalue weighted by atomic mass is 35.5. The summed E-state index contributed by atoms with van der Waals surface area (Å²) in [6.07, 6.45) is -2.41. The number of para-hydroxylation sites is 1. The van der Waals surface area contributed by atoms with E-state index in [0.29, 0.717) is 46.1 Å². The molecule has 30 heavy (non-hydrogen) atoms. The first-order valence-corrected chi connectivity index (χ1v) is 9.97. The van der Waals surface area contributed by atoms with Gasteiger partial charge in [0.1, 0.15) is 6.54 Å². The molecule has 5 nitrogen and oxygen atoms in total. The molecular formula is C21H17ClF3N5. The van der Waals surface area contributed by atoms with E-state index in [2.05, 4.69) is 20.5 Å². The van der Waals surface area contributed by atoms with Crippen LogP contribution >= 0.6 is 11.6 Å². The zero-order valence-corrected chi connectivity index (χ0v) is 16.5. The molecule has 1 fully saturated rings. The number of aliphatic imine (C=N–C) groups is 1. The first-order valence-electron chi connectivity index (χ1n) is 9.60. The van der Waals surface area contributed by atoms with Crippen LogP contribution in [0.15, 0.2) is 47.5 Å². The van der Waals surface area contributed by atoms with Gasteiger partial charge in [-0.15, -0.1) is 10.2 Å². The number of hydrogen-bond acceptors (Lipinski definition) is 4. The molecule has 9 heteroatoms. The molecule has 0 radical (unpaired) electrons. The van der Waals surface area contributed by atoms with Gasteiger partial charge in [0.05, 0.1) is 23.5 Å². The molecule has 0 atom stereocenters. The number of fused-ring (bicyclic) bond motifs is 3. The summed E-state index contributed by atoms with van der Waals surface area (Å²) in [6, 6.07) is 11.5. The highest BCUT2D eigenvalue weighted by Gasteiger charge is 2.38. The van der Waals surface area contributed by atoms with E-state index in [1.807, 2.05) is 0 Å². The van der Waals surface area contributed by atoms with Crippen molar-refractivity contribution in [2.24, 2.45) is 4.99 Å². The van der Waals surface area contributed by atoms with Crippen LogP contribution in [-0.4, -0.2) is 26.5 Å². The quantitative estimate of drug-likeness (QED) is 0.659. The molecular weight excluding hydrogens is 415 g/mol. The standard InChI is InChI=1S/C21H17ClF3N5/c22-13-6-4-12(5-7-13)19-15-2-1-3-16(21(23,24)25)20(15)30-17(10-26-14-8-9-14)28-29-18(30)11-27-19/h1-7,14,26H,8-11H2. The summed E-state index contributed by atoms with van der Waals surface area (Å²) >= 11 is 5.99. The summed E-state index contributed by atoms with van der Waals surface area (Å²) in [5.74, 6) is 0.826. The summed E-state index contributed by atoms with van der Waals surface area (Å²) in [5, 5.41) is 12.2. The Kier molecular flexibility index (Phi) is 4.63. The predicted octanol–water partition coefficient (Wildman–Crippen LogP) is 4.54. The second kappa shape index (κ2) is 7.21. The van der Waals surface area contributed by atoms with Crippen LogP contribution in [0.25, 0.3) is 5.69 Å². The van der Waals surface area contributed by atoms with Crippen LogP contribution in [0.5, 0.6) is 0 Å². The molecule has 1 aliphatic heterocycles. The number of rotatable bonds is 4. The molecule has 0 spiro atoms. The van der Waals surface area contributed by atoms with Crippen LogP contribution in [0.2, 0.25) is 5.02 Å². The van der Waals surface area contributed by atoms with E-state index in [4.69, 9.17) is 11.6 Å². The lowest BCUT2D eigenvalue weighted by atomic mass is 9.97. The third-order valence-electron chi connectivity index (χ3n) is 5.24. The van der Waals surface area contributed by atoms with Crippen molar-refractivity contribution in [2.45, 2.75) is 38.1 Å². The minimum absolute atomic E-state index is 0.0174. The summed E-state index contributed by atoms with van der Waals surface area (Å²) in [4.78, 5) is 4.61. The van der Waals surface area contributed by atoms with E-state index in [1.165, 1.54) is 10.6 Å². The number of aromatic nitrogens is 3. The molecule has 1 saturated carbocycles. The summed E-state index contributed by atoms with van der Waals surface area (Å²) < 4.78 is 43.6. The van der Waals surface area contributed by atoms with Gasteiger partial charge in [0, 0.05) is 22.2 Å². The topological polar surface area (TPSA) is 55.1 Å². The maximum atomic E-state index is 14.0. The Morgan fingerprint density at radius 1 is 1.07 bits per heavy atom. The molecule has 2 heterocycles. The first-order chi connectivity index (χ1) is 14.4. The lowest BCUT2D eigenvalue weighted by Crippen LogP contribution is -2.21. The number of nitrogens with one attached hydrogen (secondary N) is 1. The molecule has 2 aromatic carbocycles. The number of alkyl halides is 3. The Morgan fingerprint density at radius 2 is 1.83 bits per heavy atom. The average Bonchev–Trinajstić information content (AvgIpc) is 3.49. The Hall–Kier alpha value is -2.71. The molecule has 0 bridgehead atoms. The molecule has 0 unspecified atom stereocenters. The first kappa shape index (κ1) is 19.3. The van der Waals surface area contributed by atoms with Crippen molar-refractivity contribution in [2.75, 3.05) is 0 Å². The van der Waals surface area contributed by atoms with Gasteiger partial charge < -0.3 is 5.32 Å². The number of hydrogen-bond donors (Lipinski definition) is 1. The minimum atomic E-state index is -4.54. The predicted molar refractivity (Wildman–Crippen MR) is 107 cm³/mol. The Labute approximate surface area is 175 Å².